The lowest BCUT2D eigenvalue weighted by Crippen LogP contribution is -2.14. The average molecular weight is 380 g/mol. The maximum Gasteiger partial charge on any atom is 0.317 e. The Morgan fingerprint density at radius 2 is 1.88 bits per heavy atom. The van der Waals surface area contributed by atoms with Crippen LogP contribution >= 0.6 is 12.4 Å². The zero-order valence-electron chi connectivity index (χ0n) is 14.5. The molecule has 0 aliphatic carbocycles. The third kappa shape index (κ3) is 4.68. The second kappa shape index (κ2) is 9.12. The number of benzene rings is 1. The summed E-state index contributed by atoms with van der Waals surface area (Å²) in [5, 5.41) is 8.59. The van der Waals surface area contributed by atoms with Gasteiger partial charge in [-0.2, -0.15) is 0 Å². The fourth-order valence-electron chi connectivity index (χ4n) is 2.49. The lowest BCUT2D eigenvalue weighted by atomic mass is 10.1. The summed E-state index contributed by atoms with van der Waals surface area (Å²) in [6, 6.07) is 7.73. The van der Waals surface area contributed by atoms with Crippen molar-refractivity contribution in [3.63, 3.8) is 0 Å². The number of carbonyl (C=O) groups excluding carboxylic acids is 1. The largest absolute Gasteiger partial charge is 0.480 e. The monoisotopic (exact) mass is 379 g/mol. The number of hydrogen-bond acceptors (Lipinski definition) is 5. The highest BCUT2D eigenvalue weighted by molar-refractivity contribution is 6.11. The van der Waals surface area contributed by atoms with Crippen LogP contribution in [-0.2, 0) is 11.3 Å². The molecule has 0 unspecified atom stereocenters. The van der Waals surface area contributed by atoms with Crippen LogP contribution in [0.2, 0.25) is 0 Å². The molecule has 0 bridgehead atoms. The van der Waals surface area contributed by atoms with Gasteiger partial charge >= 0.3 is 5.97 Å². The van der Waals surface area contributed by atoms with Crippen LogP contribution in [0.15, 0.2) is 30.6 Å². The number of hydrogen-bond donors (Lipinski definition) is 3. The highest BCUT2D eigenvalue weighted by atomic mass is 35.5. The van der Waals surface area contributed by atoms with Crippen molar-refractivity contribution in [2.75, 3.05) is 6.54 Å². The number of carboxylic acids is 1. The number of carbonyl (C=O) groups is 2. The van der Waals surface area contributed by atoms with Gasteiger partial charge in [0.05, 0.1) is 23.9 Å². The molecule has 0 radical (unpaired) electrons. The van der Waals surface area contributed by atoms with Crippen LogP contribution in [0.1, 0.15) is 24.3 Å². The quantitative estimate of drug-likeness (QED) is 0.631. The van der Waals surface area contributed by atoms with E-state index in [9.17, 15) is 9.59 Å². The molecule has 140 valence electrons. The third-order valence-electron chi connectivity index (χ3n) is 3.42. The van der Waals surface area contributed by atoms with E-state index in [1.54, 1.807) is 6.33 Å². The Balaban J connectivity index is 0.000000501. The molecule has 26 heavy (non-hydrogen) atoms. The van der Waals surface area contributed by atoms with E-state index < -0.39 is 11.9 Å². The summed E-state index contributed by atoms with van der Waals surface area (Å²) in [7, 11) is 0. The number of amides is 1. The van der Waals surface area contributed by atoms with Gasteiger partial charge in [-0.05, 0) is 12.0 Å². The molecule has 1 aromatic carbocycles. The Hall–Kier alpha value is -2.71. The smallest absolute Gasteiger partial charge is 0.317 e. The van der Waals surface area contributed by atoms with E-state index in [2.05, 4.69) is 34.1 Å². The van der Waals surface area contributed by atoms with E-state index in [1.165, 1.54) is 0 Å². The number of imidazole rings is 1. The number of halogens is 1. The molecule has 9 heteroatoms. The van der Waals surface area contributed by atoms with Crippen molar-refractivity contribution in [3.8, 4) is 0 Å². The number of carboxylic acid groups (broad SMARTS) is 1. The number of pyridine rings is 1. The molecule has 0 spiro atoms. The number of nitrogens with two attached hydrogens (primary N) is 2. The molecule has 0 fully saturated rings. The maximum atomic E-state index is 11.6. The minimum Gasteiger partial charge on any atom is -0.480 e. The van der Waals surface area contributed by atoms with Crippen molar-refractivity contribution in [3.05, 3.63) is 36.3 Å². The molecule has 0 atom stereocenters. The van der Waals surface area contributed by atoms with Gasteiger partial charge in [-0.25, -0.2) is 9.97 Å². The summed E-state index contributed by atoms with van der Waals surface area (Å²) in [6.07, 6.45) is 1.76. The van der Waals surface area contributed by atoms with Crippen LogP contribution in [0.4, 0.5) is 0 Å². The van der Waals surface area contributed by atoms with Gasteiger partial charge < -0.3 is 21.1 Å². The van der Waals surface area contributed by atoms with Gasteiger partial charge in [-0.1, -0.05) is 32.0 Å². The average Bonchev–Trinajstić information content (AvgIpc) is 2.97. The topological polar surface area (TPSA) is 137 Å². The Labute approximate surface area is 156 Å². The Kier molecular flexibility index (Phi) is 7.48. The van der Waals surface area contributed by atoms with E-state index >= 15 is 0 Å². The minimum absolute atomic E-state index is 0. The van der Waals surface area contributed by atoms with Gasteiger partial charge in [0.1, 0.15) is 5.52 Å². The van der Waals surface area contributed by atoms with Crippen LogP contribution in [0, 0.1) is 5.92 Å². The fourth-order valence-corrected chi connectivity index (χ4v) is 2.49. The maximum absolute atomic E-state index is 11.6. The second-order valence-corrected chi connectivity index (χ2v) is 5.93. The molecule has 8 nitrogen and oxygen atoms in total. The van der Waals surface area contributed by atoms with Crippen LogP contribution in [0.3, 0.4) is 0 Å². The number of aromatic nitrogens is 3. The van der Waals surface area contributed by atoms with Crippen molar-refractivity contribution < 1.29 is 14.7 Å². The van der Waals surface area contributed by atoms with E-state index in [1.807, 2.05) is 24.3 Å². The molecule has 0 saturated carbocycles. The highest BCUT2D eigenvalue weighted by Gasteiger charge is 2.17. The van der Waals surface area contributed by atoms with E-state index in [0.717, 1.165) is 23.0 Å². The summed E-state index contributed by atoms with van der Waals surface area (Å²) in [5.74, 6) is -1.03. The molecule has 1 amide bonds. The van der Waals surface area contributed by atoms with Crippen molar-refractivity contribution >= 4 is 46.2 Å². The Bertz CT molecular complexity index is 923. The van der Waals surface area contributed by atoms with Crippen LogP contribution in [-0.4, -0.2) is 38.1 Å². The number of aliphatic carboxylic acids is 1. The molecule has 0 aliphatic rings. The molecule has 3 aromatic rings. The SMILES string of the molecule is CC(C)Cn1cnc2c(C(N)=O)nc3ccccc3c21.Cl.NCC(=O)O. The van der Waals surface area contributed by atoms with Crippen LogP contribution in [0.5, 0.6) is 0 Å². The fraction of sp³-hybridized carbons (Fsp3) is 0.294. The summed E-state index contributed by atoms with van der Waals surface area (Å²) < 4.78 is 2.07. The van der Waals surface area contributed by atoms with Gasteiger partial charge in [0.25, 0.3) is 5.91 Å². The highest BCUT2D eigenvalue weighted by Crippen LogP contribution is 2.26. The molecule has 0 saturated heterocycles. The van der Waals surface area contributed by atoms with Gasteiger partial charge in [0, 0.05) is 11.9 Å². The first-order chi connectivity index (χ1) is 11.8. The van der Waals surface area contributed by atoms with Gasteiger partial charge in [0.15, 0.2) is 5.69 Å². The normalized spacial score (nSPS) is 10.3. The predicted molar refractivity (Wildman–Crippen MR) is 102 cm³/mol. The van der Waals surface area contributed by atoms with E-state index in [0.29, 0.717) is 11.4 Å². The molecule has 2 aromatic heterocycles. The first-order valence-electron chi connectivity index (χ1n) is 7.80. The number of fused-ring (bicyclic) bond motifs is 3. The predicted octanol–water partition coefficient (Wildman–Crippen LogP) is 1.79. The van der Waals surface area contributed by atoms with E-state index in [4.69, 9.17) is 10.8 Å². The first-order valence-corrected chi connectivity index (χ1v) is 7.80. The van der Waals surface area contributed by atoms with Crippen LogP contribution < -0.4 is 11.5 Å². The number of rotatable bonds is 4. The summed E-state index contributed by atoms with van der Waals surface area (Å²) >= 11 is 0. The Morgan fingerprint density at radius 3 is 2.42 bits per heavy atom. The molecular weight excluding hydrogens is 358 g/mol. The van der Waals surface area contributed by atoms with Crippen molar-refractivity contribution in [1.29, 1.82) is 0 Å². The number of primary amides is 1. The zero-order valence-corrected chi connectivity index (χ0v) is 15.4. The summed E-state index contributed by atoms with van der Waals surface area (Å²) in [4.78, 5) is 29.5. The second-order valence-electron chi connectivity index (χ2n) is 5.93. The van der Waals surface area contributed by atoms with Gasteiger partial charge in [-0.3, -0.25) is 9.59 Å². The number of nitrogens with zero attached hydrogens (tertiary/aromatic N) is 3. The first kappa shape index (κ1) is 21.3. The molecule has 2 heterocycles. The van der Waals surface area contributed by atoms with Crippen molar-refractivity contribution in [2.24, 2.45) is 17.4 Å². The van der Waals surface area contributed by atoms with Crippen molar-refractivity contribution in [1.82, 2.24) is 14.5 Å². The van der Waals surface area contributed by atoms with Crippen LogP contribution in [0.25, 0.3) is 21.9 Å². The molecule has 0 aliphatic heterocycles. The zero-order chi connectivity index (χ0) is 18.6. The minimum atomic E-state index is -0.968. The number of para-hydroxylation sites is 1. The lowest BCUT2D eigenvalue weighted by molar-refractivity contribution is -0.135. The van der Waals surface area contributed by atoms with Gasteiger partial charge in [0.2, 0.25) is 0 Å². The van der Waals surface area contributed by atoms with Gasteiger partial charge in [-0.15, -0.1) is 12.4 Å². The lowest BCUT2D eigenvalue weighted by Gasteiger charge is -2.09. The third-order valence-corrected chi connectivity index (χ3v) is 3.42. The molecular formula is C17H22ClN5O3. The summed E-state index contributed by atoms with van der Waals surface area (Å²) in [5.41, 5.74) is 12.5. The molecule has 3 rings (SSSR count). The van der Waals surface area contributed by atoms with E-state index in [-0.39, 0.29) is 24.6 Å². The Morgan fingerprint density at radius 1 is 1.27 bits per heavy atom. The summed E-state index contributed by atoms with van der Waals surface area (Å²) in [6.45, 7) is 4.84. The molecule has 5 N–H and O–H groups in total. The van der Waals surface area contributed by atoms with Crippen molar-refractivity contribution in [2.45, 2.75) is 20.4 Å². The standard InChI is InChI=1S/C15H16N4O.C2H5NO2.ClH/c1-9(2)7-19-8-17-12-13(15(16)20)18-11-6-4-3-5-10(11)14(12)19;3-1-2(4)5;/h3-6,8-9H,7H2,1-2H3,(H2,16,20);1,3H2,(H,4,5);1H.